The molecule has 0 aliphatic heterocycles. The fourth-order valence-electron chi connectivity index (χ4n) is 2.11. The van der Waals surface area contributed by atoms with Crippen LogP contribution in [0.25, 0.3) is 10.8 Å². The Kier molecular flexibility index (Phi) is 7.92. The lowest BCUT2D eigenvalue weighted by Crippen LogP contribution is -2.32. The summed E-state index contributed by atoms with van der Waals surface area (Å²) < 4.78 is 24.1. The monoisotopic (exact) mass is 382 g/mol. The van der Waals surface area contributed by atoms with Crippen LogP contribution in [-0.2, 0) is 16.1 Å². The van der Waals surface area contributed by atoms with Crippen LogP contribution in [-0.4, -0.2) is 36.7 Å². The topological polar surface area (TPSA) is 118 Å². The summed E-state index contributed by atoms with van der Waals surface area (Å²) >= 11 is 0. The van der Waals surface area contributed by atoms with Gasteiger partial charge in [0.05, 0.1) is 24.2 Å². The van der Waals surface area contributed by atoms with Gasteiger partial charge >= 0.3 is 11.7 Å². The molecule has 148 valence electrons. The fraction of sp³-hybridized carbons (Fsp3) is 0.389. The lowest BCUT2D eigenvalue weighted by Gasteiger charge is -2.19. The minimum atomic E-state index is -0.723. The number of hydrogen-bond donors (Lipinski definition) is 3. The number of ether oxygens (including phenoxy) is 1. The fourth-order valence-corrected chi connectivity index (χ4v) is 2.11. The Morgan fingerprint density at radius 2 is 1.96 bits per heavy atom. The second kappa shape index (κ2) is 9.67. The van der Waals surface area contributed by atoms with Crippen molar-refractivity contribution < 1.29 is 28.2 Å². The number of carbonyl (C=O) groups is 2. The van der Waals surface area contributed by atoms with Crippen LogP contribution < -0.4 is 16.3 Å². The van der Waals surface area contributed by atoms with Crippen LogP contribution in [0.1, 0.15) is 26.5 Å². The summed E-state index contributed by atoms with van der Waals surface area (Å²) in [4.78, 5) is 34.1. The number of alkyl carbamates (subject to hydrolysis) is 1. The molecule has 2 rings (SSSR count). The normalized spacial score (nSPS) is 10.6. The Balaban J connectivity index is 0.00000176. The molecule has 8 nitrogen and oxygen atoms in total. The van der Waals surface area contributed by atoms with E-state index in [4.69, 9.17) is 14.3 Å². The molecule has 0 saturated carbocycles. The molecule has 1 heterocycles. The lowest BCUT2D eigenvalue weighted by molar-refractivity contribution is -0.106. The van der Waals surface area contributed by atoms with E-state index in [1.165, 1.54) is 12.1 Å². The number of amides is 1. The summed E-state index contributed by atoms with van der Waals surface area (Å²) in [6.45, 7) is 5.06. The predicted molar refractivity (Wildman–Crippen MR) is 98.2 cm³/mol. The molecule has 1 aromatic heterocycles. The second-order valence-electron chi connectivity index (χ2n) is 6.32. The summed E-state index contributed by atoms with van der Waals surface area (Å²) in [5.74, 6) is -0.474. The molecule has 0 atom stereocenters. The Morgan fingerprint density at radius 1 is 1.30 bits per heavy atom. The average molecular weight is 382 g/mol. The molecule has 1 aromatic carbocycles. The van der Waals surface area contributed by atoms with Gasteiger partial charge in [0.15, 0.2) is 0 Å². The number of aldehydes is 1. The largest absolute Gasteiger partial charge is 0.444 e. The first kappa shape index (κ1) is 22.1. The molecule has 0 aliphatic rings. The molecule has 1 amide bonds. The van der Waals surface area contributed by atoms with E-state index in [1.807, 2.05) is 0 Å². The molecular formula is C18H23FN2O6. The van der Waals surface area contributed by atoms with Gasteiger partial charge in [-0.2, -0.15) is 0 Å². The van der Waals surface area contributed by atoms with Gasteiger partial charge in [0, 0.05) is 7.11 Å². The molecule has 2 aromatic rings. The van der Waals surface area contributed by atoms with E-state index in [2.05, 4.69) is 10.6 Å². The summed E-state index contributed by atoms with van der Waals surface area (Å²) in [6.07, 6.45) is -0.0539. The van der Waals surface area contributed by atoms with Gasteiger partial charge in [-0.3, -0.25) is 0 Å². The molecule has 0 spiro atoms. The first-order valence-electron chi connectivity index (χ1n) is 8.05. The summed E-state index contributed by atoms with van der Waals surface area (Å²) in [6, 6.07) is 3.96. The third kappa shape index (κ3) is 6.70. The minimum absolute atomic E-state index is 0.0586. The van der Waals surface area contributed by atoms with E-state index in [0.29, 0.717) is 11.7 Å². The van der Waals surface area contributed by atoms with Gasteiger partial charge in [-0.1, -0.05) is 0 Å². The van der Waals surface area contributed by atoms with Crippen LogP contribution in [0.5, 0.6) is 0 Å². The third-order valence-corrected chi connectivity index (χ3v) is 3.08. The molecule has 27 heavy (non-hydrogen) atoms. The smallest absolute Gasteiger partial charge is 0.408 e. The molecule has 0 unspecified atom stereocenters. The highest BCUT2D eigenvalue weighted by atomic mass is 19.1. The number of carbonyl (C=O) groups excluding carboxylic acids is 2. The van der Waals surface area contributed by atoms with E-state index >= 15 is 0 Å². The summed E-state index contributed by atoms with van der Waals surface area (Å²) in [5.41, 5.74) is -1.28. The van der Waals surface area contributed by atoms with Crippen molar-refractivity contribution in [1.29, 1.82) is 0 Å². The maximum atomic E-state index is 13.9. The Hall–Kier alpha value is -2.94. The van der Waals surface area contributed by atoms with Crippen molar-refractivity contribution in [3.8, 4) is 0 Å². The van der Waals surface area contributed by atoms with Crippen LogP contribution >= 0.6 is 0 Å². The van der Waals surface area contributed by atoms with E-state index in [1.54, 1.807) is 20.8 Å². The number of nitrogens with one attached hydrogen (secondary N) is 2. The first-order valence-corrected chi connectivity index (χ1v) is 8.05. The Morgan fingerprint density at radius 3 is 2.56 bits per heavy atom. The van der Waals surface area contributed by atoms with Crippen LogP contribution in [0.4, 0.5) is 14.9 Å². The number of aliphatic hydroxyl groups is 1. The standard InChI is InChI=1S/C17H19FN2O5.CH4O/c1-17(2,3)25-16(23)20-9-11-6-10-7-14(19-4-5-21)13(18)8-12(10)15(22)24-11;1-2/h5-8,19H,4,9H2,1-3H3,(H,20,23);2H,1H3. The van der Waals surface area contributed by atoms with Crippen molar-refractivity contribution in [2.75, 3.05) is 19.0 Å². The predicted octanol–water partition coefficient (Wildman–Crippen LogP) is 2.18. The van der Waals surface area contributed by atoms with Crippen molar-refractivity contribution in [1.82, 2.24) is 5.32 Å². The van der Waals surface area contributed by atoms with Gasteiger partial charge in [0.25, 0.3) is 0 Å². The number of benzene rings is 1. The SMILES string of the molecule is CC(C)(C)OC(=O)NCc1cc2cc(NCC=O)c(F)cc2c(=O)o1.CO. The van der Waals surface area contributed by atoms with Crippen molar-refractivity contribution in [3.63, 3.8) is 0 Å². The number of hydrogen-bond acceptors (Lipinski definition) is 7. The zero-order valence-electron chi connectivity index (χ0n) is 15.6. The molecule has 0 aliphatic carbocycles. The highest BCUT2D eigenvalue weighted by Crippen LogP contribution is 2.21. The van der Waals surface area contributed by atoms with Crippen LogP contribution in [0.15, 0.2) is 27.4 Å². The van der Waals surface area contributed by atoms with Gasteiger partial charge in [-0.25, -0.2) is 14.0 Å². The first-order chi connectivity index (χ1) is 12.7. The average Bonchev–Trinajstić information content (AvgIpc) is 2.59. The van der Waals surface area contributed by atoms with Gasteiger partial charge in [0.1, 0.15) is 23.5 Å². The third-order valence-electron chi connectivity index (χ3n) is 3.08. The van der Waals surface area contributed by atoms with E-state index in [0.717, 1.165) is 13.2 Å². The number of aliphatic hydroxyl groups excluding tert-OH is 1. The van der Waals surface area contributed by atoms with E-state index in [9.17, 15) is 18.8 Å². The van der Waals surface area contributed by atoms with Crippen LogP contribution in [0.3, 0.4) is 0 Å². The molecule has 3 N–H and O–H groups in total. The lowest BCUT2D eigenvalue weighted by atomic mass is 10.1. The quantitative estimate of drug-likeness (QED) is 0.678. The van der Waals surface area contributed by atoms with Crippen LogP contribution in [0, 0.1) is 5.82 Å². The molecular weight excluding hydrogens is 359 g/mol. The van der Waals surface area contributed by atoms with Gasteiger partial charge in [-0.15, -0.1) is 0 Å². The number of anilines is 1. The highest BCUT2D eigenvalue weighted by Gasteiger charge is 2.16. The van der Waals surface area contributed by atoms with Crippen molar-refractivity contribution >= 4 is 28.8 Å². The molecule has 0 bridgehead atoms. The van der Waals surface area contributed by atoms with Gasteiger partial charge in [-0.05, 0) is 44.4 Å². The summed E-state index contributed by atoms with van der Waals surface area (Å²) in [5, 5.41) is 12.6. The van der Waals surface area contributed by atoms with E-state index < -0.39 is 23.1 Å². The van der Waals surface area contributed by atoms with Crippen molar-refractivity contribution in [2.24, 2.45) is 0 Å². The maximum absolute atomic E-state index is 13.9. The number of halogens is 1. The van der Waals surface area contributed by atoms with Crippen LogP contribution in [0.2, 0.25) is 0 Å². The zero-order valence-corrected chi connectivity index (χ0v) is 15.6. The molecule has 0 radical (unpaired) electrons. The Labute approximate surface area is 155 Å². The molecule has 0 fully saturated rings. The van der Waals surface area contributed by atoms with E-state index in [-0.39, 0.29) is 29.9 Å². The van der Waals surface area contributed by atoms with Gasteiger partial charge < -0.3 is 29.7 Å². The Bertz CT molecular complexity index is 857. The van der Waals surface area contributed by atoms with Crippen molar-refractivity contribution in [3.05, 3.63) is 40.2 Å². The zero-order chi connectivity index (χ0) is 20.6. The molecule has 0 saturated heterocycles. The maximum Gasteiger partial charge on any atom is 0.408 e. The highest BCUT2D eigenvalue weighted by molar-refractivity contribution is 5.85. The molecule has 9 heteroatoms. The van der Waals surface area contributed by atoms with Gasteiger partial charge in [0.2, 0.25) is 0 Å². The second-order valence-corrected chi connectivity index (χ2v) is 6.32. The summed E-state index contributed by atoms with van der Waals surface area (Å²) in [7, 11) is 1.00. The number of rotatable bonds is 5. The van der Waals surface area contributed by atoms with Crippen molar-refractivity contribution in [2.45, 2.75) is 32.9 Å². The minimum Gasteiger partial charge on any atom is -0.444 e. The number of fused-ring (bicyclic) bond motifs is 1.